The van der Waals surface area contributed by atoms with E-state index in [1.54, 1.807) is 7.11 Å². The van der Waals surface area contributed by atoms with E-state index in [9.17, 15) is 0 Å². The molecular formula is C11H18O3. The topological polar surface area (TPSA) is 27.7 Å². The number of rotatable bonds is 4. The van der Waals surface area contributed by atoms with Gasteiger partial charge in [0.15, 0.2) is 5.79 Å². The minimum absolute atomic E-state index is 0.109. The van der Waals surface area contributed by atoms with Crippen LogP contribution >= 0.6 is 0 Å². The van der Waals surface area contributed by atoms with Gasteiger partial charge in [-0.2, -0.15) is 0 Å². The summed E-state index contributed by atoms with van der Waals surface area (Å²) in [7, 11) is 1.63. The fourth-order valence-electron chi connectivity index (χ4n) is 1.51. The Labute approximate surface area is 85.7 Å². The number of hydrogen-bond acceptors (Lipinski definition) is 3. The average Bonchev–Trinajstić information content (AvgIpc) is 2.47. The summed E-state index contributed by atoms with van der Waals surface area (Å²) in [6, 6.07) is 0. The van der Waals surface area contributed by atoms with Crippen molar-refractivity contribution in [2.45, 2.75) is 44.7 Å². The summed E-state index contributed by atoms with van der Waals surface area (Å²) in [4.78, 5) is 0. The molecule has 0 spiro atoms. The molecule has 1 aliphatic heterocycles. The van der Waals surface area contributed by atoms with Gasteiger partial charge in [0.25, 0.3) is 0 Å². The van der Waals surface area contributed by atoms with Crippen molar-refractivity contribution in [1.29, 1.82) is 0 Å². The third kappa shape index (κ3) is 3.30. The molecule has 1 aliphatic rings. The van der Waals surface area contributed by atoms with Crippen LogP contribution in [0.4, 0.5) is 0 Å². The highest BCUT2D eigenvalue weighted by molar-refractivity contribution is 4.94. The zero-order valence-electron chi connectivity index (χ0n) is 9.08. The van der Waals surface area contributed by atoms with Crippen molar-refractivity contribution in [1.82, 2.24) is 0 Å². The Morgan fingerprint density at radius 2 is 2.36 bits per heavy atom. The Morgan fingerprint density at radius 1 is 1.64 bits per heavy atom. The lowest BCUT2D eigenvalue weighted by Crippen LogP contribution is -2.22. The minimum Gasteiger partial charge on any atom is -0.369 e. The van der Waals surface area contributed by atoms with E-state index < -0.39 is 5.79 Å². The number of hydrogen-bond donors (Lipinski definition) is 0. The van der Waals surface area contributed by atoms with Crippen molar-refractivity contribution in [2.75, 3.05) is 13.7 Å². The molecule has 1 heterocycles. The number of terminal acetylenes is 1. The normalized spacial score (nSPS) is 27.1. The summed E-state index contributed by atoms with van der Waals surface area (Å²) in [5, 5.41) is 0. The highest BCUT2D eigenvalue weighted by atomic mass is 16.7. The van der Waals surface area contributed by atoms with E-state index in [4.69, 9.17) is 20.6 Å². The summed E-state index contributed by atoms with van der Waals surface area (Å²) < 4.78 is 16.2. The molecule has 0 unspecified atom stereocenters. The second-order valence-electron chi connectivity index (χ2n) is 3.92. The second-order valence-corrected chi connectivity index (χ2v) is 3.92. The van der Waals surface area contributed by atoms with Crippen LogP contribution in [0, 0.1) is 12.3 Å². The lowest BCUT2D eigenvalue weighted by Gasteiger charge is -2.17. The molecule has 14 heavy (non-hydrogen) atoms. The lowest BCUT2D eigenvalue weighted by atomic mass is 10.1. The van der Waals surface area contributed by atoms with Crippen LogP contribution in [-0.2, 0) is 14.2 Å². The van der Waals surface area contributed by atoms with Crippen molar-refractivity contribution in [3.8, 4) is 12.3 Å². The van der Waals surface area contributed by atoms with Gasteiger partial charge in [0.2, 0.25) is 0 Å². The van der Waals surface area contributed by atoms with Crippen LogP contribution in [0.2, 0.25) is 0 Å². The van der Waals surface area contributed by atoms with Gasteiger partial charge >= 0.3 is 0 Å². The van der Waals surface area contributed by atoms with Crippen LogP contribution in [0.1, 0.15) is 26.7 Å². The molecule has 0 saturated carbocycles. The first-order chi connectivity index (χ1) is 6.57. The average molecular weight is 198 g/mol. The molecular weight excluding hydrogens is 180 g/mol. The third-order valence-corrected chi connectivity index (χ3v) is 2.29. The number of methoxy groups -OCH3 is 1. The summed E-state index contributed by atoms with van der Waals surface area (Å²) in [6.07, 6.45) is 7.01. The molecule has 2 atom stereocenters. The predicted molar refractivity (Wildman–Crippen MR) is 53.8 cm³/mol. The Balaban J connectivity index is 2.24. The standard InChI is InChI=1S/C11H18O3/c1-5-9(12-4)6-7-10-8-13-11(2,3)14-10/h1,9-10H,6-8H2,2-4H3/t9-,10-/m1/s1. The highest BCUT2D eigenvalue weighted by Gasteiger charge is 2.32. The van der Waals surface area contributed by atoms with Crippen LogP contribution in [0.5, 0.6) is 0 Å². The number of ether oxygens (including phenoxy) is 3. The fourth-order valence-corrected chi connectivity index (χ4v) is 1.51. The molecule has 1 rings (SSSR count). The van der Waals surface area contributed by atoms with Crippen LogP contribution < -0.4 is 0 Å². The molecule has 3 heteroatoms. The smallest absolute Gasteiger partial charge is 0.163 e. The van der Waals surface area contributed by atoms with Crippen molar-refractivity contribution in [2.24, 2.45) is 0 Å². The van der Waals surface area contributed by atoms with Gasteiger partial charge in [-0.3, -0.25) is 0 Å². The van der Waals surface area contributed by atoms with E-state index in [0.29, 0.717) is 6.61 Å². The van der Waals surface area contributed by atoms with Gasteiger partial charge in [-0.1, -0.05) is 5.92 Å². The molecule has 0 aromatic carbocycles. The Kier molecular flexibility index (Phi) is 3.94. The monoisotopic (exact) mass is 198 g/mol. The molecule has 1 saturated heterocycles. The fraction of sp³-hybridized carbons (Fsp3) is 0.818. The molecule has 0 N–H and O–H groups in total. The van der Waals surface area contributed by atoms with Crippen LogP contribution in [0.25, 0.3) is 0 Å². The predicted octanol–water partition coefficient (Wildman–Crippen LogP) is 1.57. The van der Waals surface area contributed by atoms with Gasteiger partial charge in [0, 0.05) is 7.11 Å². The zero-order valence-corrected chi connectivity index (χ0v) is 9.08. The maximum absolute atomic E-state index is 5.64. The Bertz CT molecular complexity index is 217. The first-order valence-corrected chi connectivity index (χ1v) is 4.88. The van der Waals surface area contributed by atoms with Crippen molar-refractivity contribution in [3.63, 3.8) is 0 Å². The molecule has 80 valence electrons. The van der Waals surface area contributed by atoms with Gasteiger partial charge < -0.3 is 14.2 Å². The van der Waals surface area contributed by atoms with Crippen molar-refractivity contribution >= 4 is 0 Å². The molecule has 0 radical (unpaired) electrons. The van der Waals surface area contributed by atoms with Crippen LogP contribution in [0.15, 0.2) is 0 Å². The maximum atomic E-state index is 5.64. The molecule has 0 aromatic rings. The zero-order chi connectivity index (χ0) is 10.6. The summed E-state index contributed by atoms with van der Waals surface area (Å²) in [5.41, 5.74) is 0. The van der Waals surface area contributed by atoms with Crippen molar-refractivity contribution < 1.29 is 14.2 Å². The summed E-state index contributed by atoms with van der Waals surface area (Å²) in [6.45, 7) is 4.48. The molecule has 3 nitrogen and oxygen atoms in total. The Morgan fingerprint density at radius 3 is 2.79 bits per heavy atom. The molecule has 1 fully saturated rings. The Hall–Kier alpha value is -0.560. The van der Waals surface area contributed by atoms with Crippen LogP contribution in [-0.4, -0.2) is 31.7 Å². The lowest BCUT2D eigenvalue weighted by molar-refractivity contribution is -0.139. The van der Waals surface area contributed by atoms with E-state index in [2.05, 4.69) is 5.92 Å². The van der Waals surface area contributed by atoms with Crippen LogP contribution in [0.3, 0.4) is 0 Å². The largest absolute Gasteiger partial charge is 0.369 e. The summed E-state index contributed by atoms with van der Waals surface area (Å²) in [5.74, 6) is 2.14. The minimum atomic E-state index is -0.441. The van der Waals surface area contributed by atoms with Gasteiger partial charge in [0.1, 0.15) is 6.10 Å². The molecule has 0 bridgehead atoms. The quantitative estimate of drug-likeness (QED) is 0.642. The molecule has 0 amide bonds. The highest BCUT2D eigenvalue weighted by Crippen LogP contribution is 2.25. The first kappa shape index (κ1) is 11.5. The third-order valence-electron chi connectivity index (χ3n) is 2.29. The van der Waals surface area contributed by atoms with E-state index in [1.807, 2.05) is 13.8 Å². The van der Waals surface area contributed by atoms with Gasteiger partial charge in [-0.25, -0.2) is 0 Å². The molecule has 0 aliphatic carbocycles. The van der Waals surface area contributed by atoms with E-state index in [0.717, 1.165) is 12.8 Å². The summed E-state index contributed by atoms with van der Waals surface area (Å²) >= 11 is 0. The molecule has 0 aromatic heterocycles. The van der Waals surface area contributed by atoms with E-state index in [1.165, 1.54) is 0 Å². The van der Waals surface area contributed by atoms with E-state index in [-0.39, 0.29) is 12.2 Å². The SMILES string of the molecule is C#C[C@H](CC[C@@H]1COC(C)(C)O1)OC. The van der Waals surface area contributed by atoms with Gasteiger partial charge in [-0.05, 0) is 26.7 Å². The second kappa shape index (κ2) is 4.79. The van der Waals surface area contributed by atoms with E-state index >= 15 is 0 Å². The maximum Gasteiger partial charge on any atom is 0.163 e. The first-order valence-electron chi connectivity index (χ1n) is 4.88. The van der Waals surface area contributed by atoms with Gasteiger partial charge in [0.05, 0.1) is 12.7 Å². The van der Waals surface area contributed by atoms with Crippen molar-refractivity contribution in [3.05, 3.63) is 0 Å². The van der Waals surface area contributed by atoms with Gasteiger partial charge in [-0.15, -0.1) is 6.42 Å².